The summed E-state index contributed by atoms with van der Waals surface area (Å²) in [6.07, 6.45) is 7.41. The van der Waals surface area contributed by atoms with Gasteiger partial charge in [0, 0.05) is 43.2 Å². The number of alkyl halides is 1. The maximum absolute atomic E-state index is 15.1. The van der Waals surface area contributed by atoms with Crippen molar-refractivity contribution < 1.29 is 18.4 Å². The van der Waals surface area contributed by atoms with Gasteiger partial charge in [0.25, 0.3) is 5.91 Å². The van der Waals surface area contributed by atoms with Crippen molar-refractivity contribution in [2.24, 2.45) is 5.92 Å². The zero-order chi connectivity index (χ0) is 28.1. The fourth-order valence-corrected chi connectivity index (χ4v) is 5.03. The van der Waals surface area contributed by atoms with E-state index in [1.54, 1.807) is 47.8 Å². The van der Waals surface area contributed by atoms with E-state index in [4.69, 9.17) is 0 Å². The molecule has 206 valence electrons. The van der Waals surface area contributed by atoms with Crippen molar-refractivity contribution in [3.8, 4) is 0 Å². The third-order valence-corrected chi connectivity index (χ3v) is 7.30. The Morgan fingerprint density at radius 1 is 1.02 bits per heavy atom. The van der Waals surface area contributed by atoms with Crippen LogP contribution in [-0.4, -0.2) is 44.6 Å². The number of hydrogen-bond acceptors (Lipinski definition) is 4. The molecule has 5 rings (SSSR count). The smallest absolute Gasteiger partial charge is 0.253 e. The Morgan fingerprint density at radius 2 is 1.73 bits per heavy atom. The lowest BCUT2D eigenvalue weighted by Crippen LogP contribution is -2.39. The molecule has 0 aliphatic carbocycles. The standard InChI is InChI=1S/C31H31F2N5O2/c1-21(16-22-8-12-34-13-9-22)30(39)36-27-19-35-38(20-27)28-10-14-37(15-11-28)31(40)25-6-2-4-23(17-25)29(33)24-5-3-7-26(32)18-24/h2-9,12-13,17-21,28-29H,10-11,14-16H2,1H3,(H,36,39). The Hall–Kier alpha value is -4.40. The number of likely N-dealkylation sites (tertiary alicyclic amines) is 1. The van der Waals surface area contributed by atoms with Gasteiger partial charge < -0.3 is 10.2 Å². The summed E-state index contributed by atoms with van der Waals surface area (Å²) in [4.78, 5) is 31.6. The fraction of sp³-hybridized carbons (Fsp3) is 0.290. The second-order valence-electron chi connectivity index (χ2n) is 10.2. The number of hydrogen-bond donors (Lipinski definition) is 1. The summed E-state index contributed by atoms with van der Waals surface area (Å²) in [5.41, 5.74) is 2.62. The SMILES string of the molecule is CC(Cc1ccncc1)C(=O)Nc1cnn(C2CCN(C(=O)c3cccc(C(F)c4cccc(F)c4)c3)CC2)c1. The molecule has 0 bridgehead atoms. The summed E-state index contributed by atoms with van der Waals surface area (Å²) in [5.74, 6) is -0.951. The minimum Gasteiger partial charge on any atom is -0.338 e. The van der Waals surface area contributed by atoms with Gasteiger partial charge in [-0.15, -0.1) is 0 Å². The van der Waals surface area contributed by atoms with Gasteiger partial charge in [-0.05, 0) is 72.4 Å². The molecule has 1 aliphatic rings. The number of nitrogens with one attached hydrogen (secondary N) is 1. The van der Waals surface area contributed by atoms with E-state index in [0.29, 0.717) is 49.2 Å². The van der Waals surface area contributed by atoms with Gasteiger partial charge in [0.05, 0.1) is 17.9 Å². The molecule has 40 heavy (non-hydrogen) atoms. The molecule has 1 aliphatic heterocycles. The largest absolute Gasteiger partial charge is 0.338 e. The predicted octanol–water partition coefficient (Wildman–Crippen LogP) is 5.77. The first-order chi connectivity index (χ1) is 19.4. The summed E-state index contributed by atoms with van der Waals surface area (Å²) in [5, 5.41) is 7.40. The van der Waals surface area contributed by atoms with E-state index in [9.17, 15) is 14.0 Å². The molecule has 3 heterocycles. The first-order valence-corrected chi connectivity index (χ1v) is 13.4. The van der Waals surface area contributed by atoms with E-state index >= 15 is 4.39 Å². The second-order valence-corrected chi connectivity index (χ2v) is 10.2. The summed E-state index contributed by atoms with van der Waals surface area (Å²) in [6.45, 7) is 2.94. The Bertz CT molecular complexity index is 1470. The monoisotopic (exact) mass is 543 g/mol. The molecule has 4 aromatic rings. The maximum Gasteiger partial charge on any atom is 0.253 e. The van der Waals surface area contributed by atoms with E-state index in [2.05, 4.69) is 15.4 Å². The first kappa shape index (κ1) is 27.2. The maximum atomic E-state index is 15.1. The topological polar surface area (TPSA) is 80.1 Å². The molecule has 1 fully saturated rings. The zero-order valence-electron chi connectivity index (χ0n) is 22.2. The quantitative estimate of drug-likeness (QED) is 0.306. The van der Waals surface area contributed by atoms with Crippen molar-refractivity contribution in [3.05, 3.63) is 114 Å². The van der Waals surface area contributed by atoms with Crippen molar-refractivity contribution in [2.45, 2.75) is 38.4 Å². The van der Waals surface area contributed by atoms with Crippen molar-refractivity contribution >= 4 is 17.5 Å². The minimum atomic E-state index is -1.53. The highest BCUT2D eigenvalue weighted by molar-refractivity contribution is 5.94. The minimum absolute atomic E-state index is 0.0769. The number of piperidine rings is 1. The third-order valence-electron chi connectivity index (χ3n) is 7.30. The van der Waals surface area contributed by atoms with Crippen LogP contribution in [0.1, 0.15) is 59.0 Å². The van der Waals surface area contributed by atoms with Crippen LogP contribution in [0.5, 0.6) is 0 Å². The number of nitrogens with zero attached hydrogens (tertiary/aromatic N) is 4. The highest BCUT2D eigenvalue weighted by Gasteiger charge is 2.26. The molecule has 2 atom stereocenters. The van der Waals surface area contributed by atoms with Crippen molar-refractivity contribution in [1.29, 1.82) is 0 Å². The molecule has 1 N–H and O–H groups in total. The van der Waals surface area contributed by atoms with E-state index < -0.39 is 12.0 Å². The average molecular weight is 544 g/mol. The Morgan fingerprint density at radius 3 is 2.45 bits per heavy atom. The average Bonchev–Trinajstić information content (AvgIpc) is 3.45. The molecule has 0 spiro atoms. The highest BCUT2D eigenvalue weighted by atomic mass is 19.1. The lowest BCUT2D eigenvalue weighted by molar-refractivity contribution is -0.119. The van der Waals surface area contributed by atoms with Crippen LogP contribution in [-0.2, 0) is 11.2 Å². The number of benzene rings is 2. The molecule has 0 radical (unpaired) electrons. The van der Waals surface area contributed by atoms with Gasteiger partial charge in [-0.25, -0.2) is 8.78 Å². The molecule has 7 nitrogen and oxygen atoms in total. The summed E-state index contributed by atoms with van der Waals surface area (Å²) >= 11 is 0. The molecule has 2 amide bonds. The molecule has 2 unspecified atom stereocenters. The fourth-order valence-electron chi connectivity index (χ4n) is 5.03. The lowest BCUT2D eigenvalue weighted by Gasteiger charge is -2.32. The second kappa shape index (κ2) is 12.2. The molecular weight excluding hydrogens is 512 g/mol. The van der Waals surface area contributed by atoms with E-state index in [1.165, 1.54) is 24.3 Å². The van der Waals surface area contributed by atoms with Crippen LogP contribution in [0.2, 0.25) is 0 Å². The van der Waals surface area contributed by atoms with Gasteiger partial charge in [0.2, 0.25) is 5.91 Å². The van der Waals surface area contributed by atoms with Crippen molar-refractivity contribution in [3.63, 3.8) is 0 Å². The molecule has 2 aromatic carbocycles. The molecular formula is C31H31F2N5O2. The van der Waals surface area contributed by atoms with Crippen LogP contribution in [0.15, 0.2) is 85.5 Å². The van der Waals surface area contributed by atoms with Gasteiger partial charge in [-0.3, -0.25) is 19.3 Å². The lowest BCUT2D eigenvalue weighted by atomic mass is 9.99. The summed E-state index contributed by atoms with van der Waals surface area (Å²) < 4.78 is 30.5. The van der Waals surface area contributed by atoms with Crippen LogP contribution >= 0.6 is 0 Å². The number of halogens is 2. The predicted molar refractivity (Wildman–Crippen MR) is 148 cm³/mol. The number of amides is 2. The third kappa shape index (κ3) is 6.42. The summed E-state index contributed by atoms with van der Waals surface area (Å²) in [6, 6.07) is 15.8. The van der Waals surface area contributed by atoms with E-state index in [-0.39, 0.29) is 29.3 Å². The van der Waals surface area contributed by atoms with Gasteiger partial charge in [0.15, 0.2) is 6.17 Å². The number of rotatable bonds is 8. The number of aromatic nitrogens is 3. The Kier molecular flexibility index (Phi) is 8.28. The highest BCUT2D eigenvalue weighted by Crippen LogP contribution is 2.29. The van der Waals surface area contributed by atoms with Crippen LogP contribution in [0, 0.1) is 11.7 Å². The van der Waals surface area contributed by atoms with E-state index in [0.717, 1.165) is 5.56 Å². The summed E-state index contributed by atoms with van der Waals surface area (Å²) in [7, 11) is 0. The van der Waals surface area contributed by atoms with Crippen LogP contribution in [0.25, 0.3) is 0 Å². The normalized spacial score (nSPS) is 15.4. The van der Waals surface area contributed by atoms with E-state index in [1.807, 2.05) is 29.9 Å². The van der Waals surface area contributed by atoms with Gasteiger partial charge in [-0.1, -0.05) is 31.2 Å². The van der Waals surface area contributed by atoms with Gasteiger partial charge in [0.1, 0.15) is 5.82 Å². The molecule has 9 heteroatoms. The van der Waals surface area contributed by atoms with Crippen molar-refractivity contribution in [2.75, 3.05) is 18.4 Å². The van der Waals surface area contributed by atoms with Gasteiger partial charge in [-0.2, -0.15) is 5.10 Å². The Balaban J connectivity index is 1.15. The number of anilines is 1. The number of carbonyl (C=O) groups is 2. The van der Waals surface area contributed by atoms with Gasteiger partial charge >= 0.3 is 0 Å². The molecule has 0 saturated carbocycles. The van der Waals surface area contributed by atoms with Crippen molar-refractivity contribution in [1.82, 2.24) is 19.7 Å². The van der Waals surface area contributed by atoms with Crippen LogP contribution < -0.4 is 5.32 Å². The van der Waals surface area contributed by atoms with Crippen LogP contribution in [0.4, 0.5) is 14.5 Å². The zero-order valence-corrected chi connectivity index (χ0v) is 22.2. The number of carbonyl (C=O) groups excluding carboxylic acids is 2. The van der Waals surface area contributed by atoms with Crippen LogP contribution in [0.3, 0.4) is 0 Å². The molecule has 1 saturated heterocycles. The number of pyridine rings is 1. The Labute approximate surface area is 231 Å². The first-order valence-electron chi connectivity index (χ1n) is 13.4. The molecule has 2 aromatic heterocycles.